The number of nitrogens with zero attached hydrogens (tertiary/aromatic N) is 3. The average Bonchev–Trinajstić information content (AvgIpc) is 2.85. The predicted octanol–water partition coefficient (Wildman–Crippen LogP) is 3.01. The van der Waals surface area contributed by atoms with Crippen LogP contribution in [0.5, 0.6) is 0 Å². The molecule has 1 aliphatic heterocycles. The van der Waals surface area contributed by atoms with Crippen LogP contribution < -0.4 is 5.32 Å². The Hall–Kier alpha value is -1.36. The van der Waals surface area contributed by atoms with Crippen molar-refractivity contribution in [1.29, 1.82) is 0 Å². The zero-order valence-electron chi connectivity index (χ0n) is 16.1. The van der Waals surface area contributed by atoms with Crippen LogP contribution in [0.1, 0.15) is 61.8 Å². The Morgan fingerprint density at radius 2 is 1.96 bits per heavy atom. The van der Waals surface area contributed by atoms with Gasteiger partial charge in [-0.3, -0.25) is 9.48 Å². The number of aromatic nitrogens is 2. The minimum atomic E-state index is 0.0342. The molecule has 2 heterocycles. The van der Waals surface area contributed by atoms with E-state index in [0.29, 0.717) is 5.92 Å². The van der Waals surface area contributed by atoms with E-state index >= 15 is 0 Å². The molecule has 5 heteroatoms. The molecule has 1 aromatic heterocycles. The van der Waals surface area contributed by atoms with Crippen molar-refractivity contribution in [1.82, 2.24) is 20.0 Å². The highest BCUT2D eigenvalue weighted by molar-refractivity contribution is 5.96. The molecule has 0 bridgehead atoms. The second kappa shape index (κ2) is 8.65. The molecule has 2 rings (SSSR count). The van der Waals surface area contributed by atoms with Gasteiger partial charge in [-0.1, -0.05) is 13.8 Å². The summed E-state index contributed by atoms with van der Waals surface area (Å²) in [5, 5.41) is 7.58. The predicted molar refractivity (Wildman–Crippen MR) is 98.3 cm³/mol. The minimum Gasteiger partial charge on any atom is -0.352 e. The summed E-state index contributed by atoms with van der Waals surface area (Å²) in [6.45, 7) is 15.6. The second-order valence-electron chi connectivity index (χ2n) is 7.54. The SMILES string of the molecule is CCn1nc(C)c(C(=O)NCC2CCN(CCC(C)C)CC2)c1C. The fourth-order valence-corrected chi connectivity index (χ4v) is 3.51. The molecular formula is C19H34N4O. The topological polar surface area (TPSA) is 50.2 Å². The summed E-state index contributed by atoms with van der Waals surface area (Å²) in [6, 6.07) is 0. The van der Waals surface area contributed by atoms with Crippen LogP contribution in [0.3, 0.4) is 0 Å². The van der Waals surface area contributed by atoms with Crippen molar-refractivity contribution in [2.75, 3.05) is 26.2 Å². The third-order valence-corrected chi connectivity index (χ3v) is 5.19. The molecule has 1 amide bonds. The number of piperidine rings is 1. The lowest BCUT2D eigenvalue weighted by molar-refractivity contribution is 0.0934. The fourth-order valence-electron chi connectivity index (χ4n) is 3.51. The number of likely N-dealkylation sites (tertiary alicyclic amines) is 1. The lowest BCUT2D eigenvalue weighted by atomic mass is 9.96. The van der Waals surface area contributed by atoms with Crippen LogP contribution in [-0.4, -0.2) is 46.8 Å². The van der Waals surface area contributed by atoms with Crippen LogP contribution >= 0.6 is 0 Å². The third kappa shape index (κ3) is 4.82. The van der Waals surface area contributed by atoms with Gasteiger partial charge in [-0.25, -0.2) is 0 Å². The standard InChI is InChI=1S/C19H34N4O/c1-6-23-16(5)18(15(4)21-23)19(24)20-13-17-8-11-22(12-9-17)10-7-14(2)3/h14,17H,6-13H2,1-5H3,(H,20,24). The maximum Gasteiger partial charge on any atom is 0.255 e. The van der Waals surface area contributed by atoms with Gasteiger partial charge in [0.2, 0.25) is 0 Å². The van der Waals surface area contributed by atoms with Gasteiger partial charge < -0.3 is 10.2 Å². The minimum absolute atomic E-state index is 0.0342. The Labute approximate surface area is 146 Å². The van der Waals surface area contributed by atoms with Gasteiger partial charge in [-0.15, -0.1) is 0 Å². The van der Waals surface area contributed by atoms with E-state index in [-0.39, 0.29) is 5.91 Å². The van der Waals surface area contributed by atoms with Crippen LogP contribution in [0, 0.1) is 25.7 Å². The van der Waals surface area contributed by atoms with Gasteiger partial charge in [0.15, 0.2) is 0 Å². The van der Waals surface area contributed by atoms with Crippen molar-refractivity contribution in [3.05, 3.63) is 17.0 Å². The van der Waals surface area contributed by atoms with E-state index in [0.717, 1.165) is 36.0 Å². The van der Waals surface area contributed by atoms with Crippen molar-refractivity contribution in [2.24, 2.45) is 11.8 Å². The monoisotopic (exact) mass is 334 g/mol. The molecule has 1 aromatic rings. The molecule has 24 heavy (non-hydrogen) atoms. The average molecular weight is 335 g/mol. The molecule has 0 aromatic carbocycles. The van der Waals surface area contributed by atoms with Crippen molar-refractivity contribution in [3.63, 3.8) is 0 Å². The van der Waals surface area contributed by atoms with Gasteiger partial charge in [-0.2, -0.15) is 5.10 Å². The lowest BCUT2D eigenvalue weighted by Gasteiger charge is -2.32. The first kappa shape index (κ1) is 19.0. The van der Waals surface area contributed by atoms with Crippen LogP contribution in [0.15, 0.2) is 0 Å². The summed E-state index contributed by atoms with van der Waals surface area (Å²) >= 11 is 0. The van der Waals surface area contributed by atoms with Crippen LogP contribution in [0.2, 0.25) is 0 Å². The fraction of sp³-hybridized carbons (Fsp3) is 0.789. The zero-order chi connectivity index (χ0) is 17.7. The van der Waals surface area contributed by atoms with Gasteiger partial charge in [0.25, 0.3) is 5.91 Å². The molecule has 136 valence electrons. The van der Waals surface area contributed by atoms with E-state index in [2.05, 4.69) is 29.2 Å². The van der Waals surface area contributed by atoms with Crippen molar-refractivity contribution < 1.29 is 4.79 Å². The Morgan fingerprint density at radius 3 is 2.50 bits per heavy atom. The van der Waals surface area contributed by atoms with Crippen LogP contribution in [0.4, 0.5) is 0 Å². The van der Waals surface area contributed by atoms with Gasteiger partial charge in [0, 0.05) is 18.8 Å². The molecule has 0 unspecified atom stereocenters. The Morgan fingerprint density at radius 1 is 1.29 bits per heavy atom. The van der Waals surface area contributed by atoms with Gasteiger partial charge in [-0.05, 0) is 71.5 Å². The van der Waals surface area contributed by atoms with Crippen LogP contribution in [0.25, 0.3) is 0 Å². The summed E-state index contributed by atoms with van der Waals surface area (Å²) < 4.78 is 1.90. The molecule has 1 N–H and O–H groups in total. The zero-order valence-corrected chi connectivity index (χ0v) is 16.1. The van der Waals surface area contributed by atoms with Crippen molar-refractivity contribution in [2.45, 2.75) is 60.4 Å². The maximum absolute atomic E-state index is 12.5. The van der Waals surface area contributed by atoms with E-state index in [1.807, 2.05) is 25.5 Å². The molecule has 1 aliphatic rings. The molecule has 0 atom stereocenters. The highest BCUT2D eigenvalue weighted by Crippen LogP contribution is 2.18. The van der Waals surface area contributed by atoms with E-state index in [1.54, 1.807) is 0 Å². The third-order valence-electron chi connectivity index (χ3n) is 5.19. The number of hydrogen-bond donors (Lipinski definition) is 1. The Balaban J connectivity index is 1.78. The number of carbonyl (C=O) groups excluding carboxylic acids is 1. The molecular weight excluding hydrogens is 300 g/mol. The second-order valence-corrected chi connectivity index (χ2v) is 7.54. The van der Waals surface area contributed by atoms with E-state index < -0.39 is 0 Å². The van der Waals surface area contributed by atoms with Gasteiger partial charge in [0.05, 0.1) is 11.3 Å². The van der Waals surface area contributed by atoms with Crippen molar-refractivity contribution >= 4 is 5.91 Å². The highest BCUT2D eigenvalue weighted by Gasteiger charge is 2.22. The van der Waals surface area contributed by atoms with Gasteiger partial charge in [0.1, 0.15) is 0 Å². The molecule has 0 aliphatic carbocycles. The van der Waals surface area contributed by atoms with Crippen LogP contribution in [-0.2, 0) is 6.54 Å². The molecule has 1 fully saturated rings. The van der Waals surface area contributed by atoms with Crippen molar-refractivity contribution in [3.8, 4) is 0 Å². The molecule has 5 nitrogen and oxygen atoms in total. The molecule has 0 saturated carbocycles. The Kier molecular flexibility index (Phi) is 6.84. The van der Waals surface area contributed by atoms with E-state index in [9.17, 15) is 4.79 Å². The number of hydrogen-bond acceptors (Lipinski definition) is 3. The number of amides is 1. The summed E-state index contributed by atoms with van der Waals surface area (Å²) in [6.07, 6.45) is 3.65. The van der Waals surface area contributed by atoms with Gasteiger partial charge >= 0.3 is 0 Å². The first-order valence-corrected chi connectivity index (χ1v) is 9.46. The Bertz CT molecular complexity index is 542. The summed E-state index contributed by atoms with van der Waals surface area (Å²) in [5.74, 6) is 1.41. The maximum atomic E-state index is 12.5. The highest BCUT2D eigenvalue weighted by atomic mass is 16.1. The van der Waals surface area contributed by atoms with E-state index in [4.69, 9.17) is 0 Å². The summed E-state index contributed by atoms with van der Waals surface area (Å²) in [4.78, 5) is 15.1. The largest absolute Gasteiger partial charge is 0.352 e. The molecule has 1 saturated heterocycles. The molecule has 0 radical (unpaired) electrons. The number of rotatable bonds is 7. The number of carbonyl (C=O) groups is 1. The normalized spacial score (nSPS) is 16.8. The summed E-state index contributed by atoms with van der Waals surface area (Å²) in [5.41, 5.74) is 2.55. The molecule has 0 spiro atoms. The number of aryl methyl sites for hydroxylation is 2. The number of nitrogens with one attached hydrogen (secondary N) is 1. The smallest absolute Gasteiger partial charge is 0.255 e. The first-order valence-electron chi connectivity index (χ1n) is 9.46. The quantitative estimate of drug-likeness (QED) is 0.834. The first-order chi connectivity index (χ1) is 11.4. The lowest BCUT2D eigenvalue weighted by Crippen LogP contribution is -2.39. The summed E-state index contributed by atoms with van der Waals surface area (Å²) in [7, 11) is 0. The van der Waals surface area contributed by atoms with E-state index in [1.165, 1.54) is 38.9 Å².